The first-order valence-corrected chi connectivity index (χ1v) is 5.61. The quantitative estimate of drug-likeness (QED) is 0.679. The summed E-state index contributed by atoms with van der Waals surface area (Å²) in [7, 11) is 0. The number of nitrogens with zero attached hydrogens (tertiary/aromatic N) is 2. The number of aryl methyl sites for hydroxylation is 1. The minimum absolute atomic E-state index is 0.121. The molecule has 1 N–H and O–H groups in total. The molecular formula is C13H10N2O5. The molecule has 2 rings (SSSR count). The van der Waals surface area contributed by atoms with Crippen molar-refractivity contribution in [3.05, 3.63) is 57.8 Å². The minimum Gasteiger partial charge on any atom is -0.477 e. The molecule has 0 aliphatic rings. The Bertz CT molecular complexity index is 684. The Morgan fingerprint density at radius 1 is 1.30 bits per heavy atom. The lowest BCUT2D eigenvalue weighted by Crippen LogP contribution is -2.05. The van der Waals surface area contributed by atoms with Gasteiger partial charge < -0.3 is 9.84 Å². The van der Waals surface area contributed by atoms with Crippen molar-refractivity contribution in [3.8, 4) is 11.6 Å². The number of carboxylic acid groups (broad SMARTS) is 1. The van der Waals surface area contributed by atoms with Crippen molar-refractivity contribution in [1.29, 1.82) is 0 Å². The molecule has 0 aliphatic heterocycles. The molecule has 0 spiro atoms. The molecule has 20 heavy (non-hydrogen) atoms. The highest BCUT2D eigenvalue weighted by molar-refractivity contribution is 5.95. The number of hydrogen-bond donors (Lipinski definition) is 1. The predicted molar refractivity (Wildman–Crippen MR) is 69.1 cm³/mol. The summed E-state index contributed by atoms with van der Waals surface area (Å²) in [5, 5.41) is 20.0. The van der Waals surface area contributed by atoms with Crippen LogP contribution < -0.4 is 4.74 Å². The fourth-order valence-corrected chi connectivity index (χ4v) is 1.66. The van der Waals surface area contributed by atoms with Crippen LogP contribution >= 0.6 is 0 Å². The summed E-state index contributed by atoms with van der Waals surface area (Å²) < 4.78 is 5.35. The Morgan fingerprint density at radius 2 is 2.00 bits per heavy atom. The van der Waals surface area contributed by atoms with E-state index >= 15 is 0 Å². The van der Waals surface area contributed by atoms with E-state index < -0.39 is 22.1 Å². The van der Waals surface area contributed by atoms with Gasteiger partial charge in [0.05, 0.1) is 4.92 Å². The summed E-state index contributed by atoms with van der Waals surface area (Å²) in [5.41, 5.74) is -0.340. The number of rotatable bonds is 4. The van der Waals surface area contributed by atoms with Crippen molar-refractivity contribution in [2.75, 3.05) is 0 Å². The topological polar surface area (TPSA) is 103 Å². The molecule has 0 atom stereocenters. The van der Waals surface area contributed by atoms with Crippen LogP contribution in [0.1, 0.15) is 16.1 Å². The van der Waals surface area contributed by atoms with E-state index in [4.69, 9.17) is 9.84 Å². The highest BCUT2D eigenvalue weighted by atomic mass is 16.6. The number of nitro benzene ring substituents is 1. The second-order valence-corrected chi connectivity index (χ2v) is 3.93. The van der Waals surface area contributed by atoms with Gasteiger partial charge in [-0.2, -0.15) is 0 Å². The van der Waals surface area contributed by atoms with Gasteiger partial charge in [0.1, 0.15) is 0 Å². The summed E-state index contributed by atoms with van der Waals surface area (Å²) in [6.45, 7) is 1.75. The van der Waals surface area contributed by atoms with Gasteiger partial charge in [-0.05, 0) is 19.1 Å². The highest BCUT2D eigenvalue weighted by Crippen LogP contribution is 2.31. The third kappa shape index (κ3) is 2.72. The number of benzene rings is 1. The van der Waals surface area contributed by atoms with Crippen LogP contribution in [-0.2, 0) is 0 Å². The largest absolute Gasteiger partial charge is 0.477 e. The second kappa shape index (κ2) is 5.35. The van der Waals surface area contributed by atoms with Crippen molar-refractivity contribution in [2.24, 2.45) is 0 Å². The molecule has 1 aromatic carbocycles. The number of ether oxygens (including phenoxy) is 1. The third-order valence-corrected chi connectivity index (χ3v) is 2.49. The molecule has 0 saturated heterocycles. The van der Waals surface area contributed by atoms with Crippen LogP contribution in [0.15, 0.2) is 36.4 Å². The molecule has 0 amide bonds. The number of carboxylic acids is 1. The lowest BCUT2D eigenvalue weighted by atomic mass is 10.1. The van der Waals surface area contributed by atoms with Crippen LogP contribution in [0.25, 0.3) is 0 Å². The van der Waals surface area contributed by atoms with E-state index in [9.17, 15) is 14.9 Å². The third-order valence-electron chi connectivity index (χ3n) is 2.49. The molecule has 1 heterocycles. The molecule has 0 unspecified atom stereocenters. The molecule has 0 bridgehead atoms. The SMILES string of the molecule is Cc1cccc(Oc2cccc([N+](=O)[O-])c2C(=O)O)n1. The molecular weight excluding hydrogens is 264 g/mol. The Labute approximate surface area is 113 Å². The first-order chi connectivity index (χ1) is 9.49. The van der Waals surface area contributed by atoms with E-state index in [1.165, 1.54) is 18.2 Å². The van der Waals surface area contributed by atoms with E-state index in [0.29, 0.717) is 5.69 Å². The van der Waals surface area contributed by atoms with E-state index in [1.807, 2.05) is 0 Å². The van der Waals surface area contributed by atoms with Gasteiger partial charge in [0.15, 0.2) is 11.3 Å². The van der Waals surface area contributed by atoms with Crippen molar-refractivity contribution in [1.82, 2.24) is 4.98 Å². The summed E-state index contributed by atoms with van der Waals surface area (Å²) in [4.78, 5) is 25.3. The number of carbonyl (C=O) groups is 1. The summed E-state index contributed by atoms with van der Waals surface area (Å²) in [5.74, 6) is -1.38. The Balaban J connectivity index is 2.49. The zero-order valence-electron chi connectivity index (χ0n) is 10.4. The van der Waals surface area contributed by atoms with Crippen molar-refractivity contribution in [3.63, 3.8) is 0 Å². The van der Waals surface area contributed by atoms with Crippen LogP contribution in [0.3, 0.4) is 0 Å². The number of aromatic nitrogens is 1. The van der Waals surface area contributed by atoms with Gasteiger partial charge in [0, 0.05) is 17.8 Å². The van der Waals surface area contributed by atoms with Crippen LogP contribution in [0.5, 0.6) is 11.6 Å². The number of nitro groups is 1. The van der Waals surface area contributed by atoms with E-state index in [0.717, 1.165) is 6.07 Å². The molecule has 0 saturated carbocycles. The standard InChI is InChI=1S/C13H10N2O5/c1-8-4-2-7-11(14-8)20-10-6-3-5-9(15(18)19)12(10)13(16)17/h2-7H,1H3,(H,16,17). The lowest BCUT2D eigenvalue weighted by Gasteiger charge is -2.08. The van der Waals surface area contributed by atoms with E-state index in [2.05, 4.69) is 4.98 Å². The predicted octanol–water partition coefficient (Wildman–Crippen LogP) is 2.79. The first kappa shape index (κ1) is 13.5. The van der Waals surface area contributed by atoms with Gasteiger partial charge in [-0.25, -0.2) is 9.78 Å². The Morgan fingerprint density at radius 3 is 2.60 bits per heavy atom. The normalized spacial score (nSPS) is 10.1. The molecule has 7 heteroatoms. The van der Waals surface area contributed by atoms with Gasteiger partial charge in [-0.3, -0.25) is 10.1 Å². The van der Waals surface area contributed by atoms with Crippen LogP contribution in [0.4, 0.5) is 5.69 Å². The van der Waals surface area contributed by atoms with Gasteiger partial charge >= 0.3 is 5.97 Å². The van der Waals surface area contributed by atoms with Crippen molar-refractivity contribution in [2.45, 2.75) is 6.92 Å². The van der Waals surface area contributed by atoms with E-state index in [1.54, 1.807) is 19.1 Å². The summed E-state index contributed by atoms with van der Waals surface area (Å²) >= 11 is 0. The molecule has 7 nitrogen and oxygen atoms in total. The number of pyridine rings is 1. The molecule has 1 aromatic heterocycles. The number of hydrogen-bond acceptors (Lipinski definition) is 5. The maximum absolute atomic E-state index is 11.2. The highest BCUT2D eigenvalue weighted by Gasteiger charge is 2.25. The average Bonchev–Trinajstić information content (AvgIpc) is 2.38. The summed E-state index contributed by atoms with van der Waals surface area (Å²) in [6, 6.07) is 8.79. The molecule has 0 radical (unpaired) electrons. The second-order valence-electron chi connectivity index (χ2n) is 3.93. The lowest BCUT2D eigenvalue weighted by molar-refractivity contribution is -0.385. The Kier molecular flexibility index (Phi) is 3.60. The minimum atomic E-state index is -1.43. The fraction of sp³-hybridized carbons (Fsp3) is 0.0769. The van der Waals surface area contributed by atoms with Crippen LogP contribution in [0, 0.1) is 17.0 Å². The van der Waals surface area contributed by atoms with Crippen LogP contribution in [-0.4, -0.2) is 21.0 Å². The maximum Gasteiger partial charge on any atom is 0.346 e. The average molecular weight is 274 g/mol. The van der Waals surface area contributed by atoms with Crippen LogP contribution in [0.2, 0.25) is 0 Å². The smallest absolute Gasteiger partial charge is 0.346 e. The van der Waals surface area contributed by atoms with Gasteiger partial charge in [-0.15, -0.1) is 0 Å². The van der Waals surface area contributed by atoms with Gasteiger partial charge in [-0.1, -0.05) is 12.1 Å². The molecule has 0 aliphatic carbocycles. The summed E-state index contributed by atoms with van der Waals surface area (Å²) in [6.07, 6.45) is 0. The zero-order chi connectivity index (χ0) is 14.7. The fourth-order valence-electron chi connectivity index (χ4n) is 1.66. The number of aromatic carboxylic acids is 1. The van der Waals surface area contributed by atoms with Gasteiger partial charge in [0.2, 0.25) is 5.88 Å². The molecule has 2 aromatic rings. The maximum atomic E-state index is 11.2. The molecule has 0 fully saturated rings. The first-order valence-electron chi connectivity index (χ1n) is 5.61. The Hall–Kier alpha value is -2.96. The zero-order valence-corrected chi connectivity index (χ0v) is 10.4. The van der Waals surface area contributed by atoms with Gasteiger partial charge in [0.25, 0.3) is 5.69 Å². The molecule has 102 valence electrons. The monoisotopic (exact) mass is 274 g/mol. The van der Waals surface area contributed by atoms with E-state index in [-0.39, 0.29) is 11.6 Å². The van der Waals surface area contributed by atoms with Crippen molar-refractivity contribution >= 4 is 11.7 Å². The van der Waals surface area contributed by atoms with Crippen molar-refractivity contribution < 1.29 is 19.6 Å².